The first-order valence-corrected chi connectivity index (χ1v) is 9.60. The van der Waals surface area contributed by atoms with E-state index in [0.717, 1.165) is 15.8 Å². The normalized spacial score (nSPS) is 11.2. The number of amides is 1. The quantitative estimate of drug-likeness (QED) is 0.468. The fraction of sp³-hybridized carbons (Fsp3) is 0. The van der Waals surface area contributed by atoms with Crippen molar-refractivity contribution in [2.45, 2.75) is 0 Å². The van der Waals surface area contributed by atoms with E-state index in [9.17, 15) is 14.0 Å². The van der Waals surface area contributed by atoms with E-state index >= 15 is 0 Å². The van der Waals surface area contributed by atoms with Gasteiger partial charge in [-0.25, -0.2) is 18.6 Å². The van der Waals surface area contributed by atoms with Gasteiger partial charge in [0.1, 0.15) is 5.82 Å². The van der Waals surface area contributed by atoms with Crippen LogP contribution in [0.5, 0.6) is 0 Å². The van der Waals surface area contributed by atoms with Gasteiger partial charge in [-0.15, -0.1) is 0 Å². The van der Waals surface area contributed by atoms with Gasteiger partial charge in [-0.05, 0) is 48.0 Å². The van der Waals surface area contributed by atoms with Crippen LogP contribution < -0.4 is 11.0 Å². The molecule has 1 amide bonds. The van der Waals surface area contributed by atoms with E-state index in [-0.39, 0.29) is 10.9 Å². The van der Waals surface area contributed by atoms with E-state index in [1.165, 1.54) is 36.7 Å². The number of carbonyl (C=O) groups excluding carboxylic acids is 1. The SMILES string of the molecule is O=C(Nn1ccc2c(cnc3c(-c4ccc(Cl)cc4)cnn32)c1=O)c1ccc(F)cc1. The number of hydrogen-bond acceptors (Lipinski definition) is 4. The summed E-state index contributed by atoms with van der Waals surface area (Å²) in [5, 5.41) is 5.29. The van der Waals surface area contributed by atoms with Gasteiger partial charge in [0.05, 0.1) is 17.1 Å². The van der Waals surface area contributed by atoms with Crippen LogP contribution >= 0.6 is 11.6 Å². The average Bonchev–Trinajstić information content (AvgIpc) is 3.21. The van der Waals surface area contributed by atoms with Crippen molar-refractivity contribution < 1.29 is 9.18 Å². The van der Waals surface area contributed by atoms with E-state index in [4.69, 9.17) is 11.6 Å². The van der Waals surface area contributed by atoms with Crippen LogP contribution in [0.1, 0.15) is 10.4 Å². The number of nitrogens with one attached hydrogen (secondary N) is 1. The van der Waals surface area contributed by atoms with E-state index < -0.39 is 17.3 Å². The molecule has 1 N–H and O–H groups in total. The fourth-order valence-electron chi connectivity index (χ4n) is 3.31. The molecule has 0 bridgehead atoms. The van der Waals surface area contributed by atoms with Gasteiger partial charge in [0, 0.05) is 28.5 Å². The first-order chi connectivity index (χ1) is 15.0. The van der Waals surface area contributed by atoms with Crippen LogP contribution in [0.2, 0.25) is 5.02 Å². The van der Waals surface area contributed by atoms with Crippen molar-refractivity contribution >= 4 is 34.1 Å². The molecule has 0 saturated heterocycles. The Bertz CT molecular complexity index is 1510. The second kappa shape index (κ2) is 7.33. The summed E-state index contributed by atoms with van der Waals surface area (Å²) in [7, 11) is 0. The molecule has 0 unspecified atom stereocenters. The van der Waals surface area contributed by atoms with E-state index in [2.05, 4.69) is 15.5 Å². The third-order valence-corrected chi connectivity index (χ3v) is 5.13. The van der Waals surface area contributed by atoms with Crippen molar-refractivity contribution in [3.63, 3.8) is 0 Å². The minimum Gasteiger partial charge on any atom is -0.267 e. The number of benzene rings is 2. The highest BCUT2D eigenvalue weighted by Gasteiger charge is 2.14. The van der Waals surface area contributed by atoms with Gasteiger partial charge in [0.15, 0.2) is 5.65 Å². The molecule has 152 valence electrons. The standard InChI is InChI=1S/C22H13ClFN5O2/c23-15-5-1-13(2-6-15)17-12-26-29-19-9-10-28(22(31)18(19)11-25-20(17)29)27-21(30)14-3-7-16(24)8-4-14/h1-12H,(H,27,30). The summed E-state index contributed by atoms with van der Waals surface area (Å²) in [6.45, 7) is 0. The van der Waals surface area contributed by atoms with Crippen LogP contribution in [0, 0.1) is 5.82 Å². The highest BCUT2D eigenvalue weighted by atomic mass is 35.5. The number of rotatable bonds is 3. The van der Waals surface area contributed by atoms with Crippen LogP contribution in [-0.4, -0.2) is 25.2 Å². The molecule has 0 fully saturated rings. The lowest BCUT2D eigenvalue weighted by Crippen LogP contribution is -2.33. The van der Waals surface area contributed by atoms with Crippen molar-refractivity contribution in [2.24, 2.45) is 0 Å². The Morgan fingerprint density at radius 3 is 2.48 bits per heavy atom. The van der Waals surface area contributed by atoms with Crippen molar-refractivity contribution in [3.8, 4) is 11.1 Å². The molecule has 0 aliphatic carbocycles. The number of pyridine rings is 1. The van der Waals surface area contributed by atoms with Gasteiger partial charge in [-0.3, -0.25) is 15.0 Å². The molecule has 0 aliphatic rings. The lowest BCUT2D eigenvalue weighted by Gasteiger charge is -2.10. The minimum atomic E-state index is -0.542. The molecule has 0 spiro atoms. The molecule has 0 atom stereocenters. The lowest BCUT2D eigenvalue weighted by molar-refractivity contribution is 0.101. The fourth-order valence-corrected chi connectivity index (χ4v) is 3.44. The summed E-state index contributed by atoms with van der Waals surface area (Å²) in [5.41, 5.74) is 5.07. The number of hydrogen-bond donors (Lipinski definition) is 1. The third-order valence-electron chi connectivity index (χ3n) is 4.88. The molecular formula is C22H13ClFN5O2. The highest BCUT2D eigenvalue weighted by Crippen LogP contribution is 2.26. The van der Waals surface area contributed by atoms with Crippen molar-refractivity contribution in [1.82, 2.24) is 19.3 Å². The first-order valence-electron chi connectivity index (χ1n) is 9.22. The maximum Gasteiger partial charge on any atom is 0.280 e. The Balaban J connectivity index is 1.55. The molecule has 0 saturated carbocycles. The average molecular weight is 434 g/mol. The summed E-state index contributed by atoms with van der Waals surface area (Å²) >= 11 is 5.96. The van der Waals surface area contributed by atoms with Crippen molar-refractivity contribution in [2.75, 3.05) is 5.43 Å². The Kier molecular flexibility index (Phi) is 4.48. The van der Waals surface area contributed by atoms with E-state index in [1.54, 1.807) is 28.9 Å². The van der Waals surface area contributed by atoms with Gasteiger partial charge < -0.3 is 0 Å². The van der Waals surface area contributed by atoms with E-state index in [0.29, 0.717) is 16.2 Å². The first kappa shape index (κ1) is 19.0. The highest BCUT2D eigenvalue weighted by molar-refractivity contribution is 6.30. The van der Waals surface area contributed by atoms with E-state index in [1.807, 2.05) is 12.1 Å². The summed E-state index contributed by atoms with van der Waals surface area (Å²) in [5.74, 6) is -0.994. The molecule has 3 aromatic heterocycles. The van der Waals surface area contributed by atoms with Crippen molar-refractivity contribution in [1.29, 1.82) is 0 Å². The zero-order valence-electron chi connectivity index (χ0n) is 15.8. The molecule has 2 aromatic carbocycles. The number of halogens is 2. The predicted molar refractivity (Wildman–Crippen MR) is 115 cm³/mol. The topological polar surface area (TPSA) is 81.3 Å². The number of aromatic nitrogens is 4. The predicted octanol–water partition coefficient (Wildman–Crippen LogP) is 3.89. The summed E-state index contributed by atoms with van der Waals surface area (Å²) in [6, 6.07) is 14.0. The number of nitrogens with zero attached hydrogens (tertiary/aromatic N) is 4. The van der Waals surface area contributed by atoms with Crippen LogP contribution in [-0.2, 0) is 0 Å². The molecule has 3 heterocycles. The maximum absolute atomic E-state index is 13.1. The molecule has 9 heteroatoms. The van der Waals surface area contributed by atoms with Gasteiger partial charge >= 0.3 is 0 Å². The summed E-state index contributed by atoms with van der Waals surface area (Å²) in [4.78, 5) is 29.7. The lowest BCUT2D eigenvalue weighted by atomic mass is 10.1. The summed E-state index contributed by atoms with van der Waals surface area (Å²) in [6.07, 6.45) is 4.57. The number of fused-ring (bicyclic) bond motifs is 3. The smallest absolute Gasteiger partial charge is 0.267 e. The van der Waals surface area contributed by atoms with Crippen LogP contribution in [0.25, 0.3) is 27.7 Å². The largest absolute Gasteiger partial charge is 0.280 e. The monoisotopic (exact) mass is 433 g/mol. The third kappa shape index (κ3) is 3.32. The van der Waals surface area contributed by atoms with Gasteiger partial charge in [0.2, 0.25) is 0 Å². The zero-order valence-corrected chi connectivity index (χ0v) is 16.5. The van der Waals surface area contributed by atoms with Gasteiger partial charge in [-0.2, -0.15) is 5.10 Å². The van der Waals surface area contributed by atoms with Gasteiger partial charge in [-0.1, -0.05) is 23.7 Å². The second-order valence-electron chi connectivity index (χ2n) is 6.80. The molecule has 5 rings (SSSR count). The van der Waals surface area contributed by atoms with Crippen LogP contribution in [0.3, 0.4) is 0 Å². The number of carbonyl (C=O) groups is 1. The molecule has 7 nitrogen and oxygen atoms in total. The Morgan fingerprint density at radius 2 is 1.74 bits per heavy atom. The van der Waals surface area contributed by atoms with Crippen LogP contribution in [0.15, 0.2) is 78.0 Å². The molecule has 5 aromatic rings. The molecular weight excluding hydrogens is 421 g/mol. The Morgan fingerprint density at radius 1 is 1.00 bits per heavy atom. The second-order valence-corrected chi connectivity index (χ2v) is 7.23. The minimum absolute atomic E-state index is 0.224. The van der Waals surface area contributed by atoms with Gasteiger partial charge in [0.25, 0.3) is 11.5 Å². The molecule has 0 radical (unpaired) electrons. The van der Waals surface area contributed by atoms with Crippen LogP contribution in [0.4, 0.5) is 4.39 Å². The zero-order chi connectivity index (χ0) is 21.5. The Hall–Kier alpha value is -4.04. The summed E-state index contributed by atoms with van der Waals surface area (Å²) < 4.78 is 15.7. The Labute approximate surface area is 179 Å². The van der Waals surface area contributed by atoms with Crippen molar-refractivity contribution in [3.05, 3.63) is 99.9 Å². The molecule has 0 aliphatic heterocycles. The maximum atomic E-state index is 13.1. The molecule has 31 heavy (non-hydrogen) atoms.